The van der Waals surface area contributed by atoms with Crippen LogP contribution in [0.15, 0.2) is 36.4 Å². The first-order chi connectivity index (χ1) is 11.2. The van der Waals surface area contributed by atoms with E-state index in [-0.39, 0.29) is 0 Å². The van der Waals surface area contributed by atoms with Gasteiger partial charge in [0.15, 0.2) is 6.29 Å². The molecule has 0 fully saturated rings. The van der Waals surface area contributed by atoms with Crippen molar-refractivity contribution in [2.75, 3.05) is 21.3 Å². The zero-order chi connectivity index (χ0) is 16.4. The molecule has 1 N–H and O–H groups in total. The summed E-state index contributed by atoms with van der Waals surface area (Å²) in [5, 5.41) is 1.000. The highest BCUT2D eigenvalue weighted by molar-refractivity contribution is 5.93. The van der Waals surface area contributed by atoms with E-state index in [4.69, 9.17) is 14.2 Å². The minimum atomic E-state index is 0.472. The van der Waals surface area contributed by atoms with Crippen molar-refractivity contribution in [1.82, 2.24) is 4.98 Å². The fourth-order valence-corrected chi connectivity index (χ4v) is 2.69. The van der Waals surface area contributed by atoms with Gasteiger partial charge in [-0.15, -0.1) is 0 Å². The highest BCUT2D eigenvalue weighted by Crippen LogP contribution is 2.41. The fourth-order valence-electron chi connectivity index (χ4n) is 2.69. The Bertz CT molecular complexity index is 867. The molecule has 1 aromatic heterocycles. The Labute approximate surface area is 133 Å². The number of ether oxygens (including phenoxy) is 3. The van der Waals surface area contributed by atoms with Crippen LogP contribution in [0.3, 0.4) is 0 Å². The number of rotatable bonds is 5. The molecule has 2 aromatic carbocycles. The second-order valence-corrected chi connectivity index (χ2v) is 5.02. The molecule has 5 heteroatoms. The topological polar surface area (TPSA) is 60.5 Å². The first-order valence-electron chi connectivity index (χ1n) is 7.09. The number of carbonyl (C=O) groups is 1. The Kier molecular flexibility index (Phi) is 3.93. The lowest BCUT2D eigenvalue weighted by molar-refractivity contribution is 0.112. The van der Waals surface area contributed by atoms with Gasteiger partial charge in [-0.1, -0.05) is 0 Å². The third-order valence-corrected chi connectivity index (χ3v) is 3.80. The quantitative estimate of drug-likeness (QED) is 0.730. The van der Waals surface area contributed by atoms with Crippen LogP contribution in [-0.2, 0) is 0 Å². The van der Waals surface area contributed by atoms with Crippen molar-refractivity contribution in [2.45, 2.75) is 0 Å². The molecule has 0 atom stereocenters. The Morgan fingerprint density at radius 2 is 1.78 bits per heavy atom. The van der Waals surface area contributed by atoms with Gasteiger partial charge in [0.25, 0.3) is 0 Å². The minimum Gasteiger partial charge on any atom is -0.497 e. The predicted octanol–water partition coefficient (Wildman–Crippen LogP) is 3.67. The SMILES string of the molecule is COc1ccc2[nH]c(-c3c(OC)ccc(C=O)c3OC)cc2c1. The molecule has 23 heavy (non-hydrogen) atoms. The largest absolute Gasteiger partial charge is 0.497 e. The normalized spacial score (nSPS) is 10.6. The van der Waals surface area contributed by atoms with Gasteiger partial charge < -0.3 is 19.2 Å². The molecule has 0 saturated heterocycles. The number of benzene rings is 2. The Morgan fingerprint density at radius 1 is 0.957 bits per heavy atom. The average molecular weight is 311 g/mol. The van der Waals surface area contributed by atoms with Gasteiger partial charge in [0.05, 0.1) is 38.2 Å². The second kappa shape index (κ2) is 6.04. The lowest BCUT2D eigenvalue weighted by Gasteiger charge is -2.13. The number of aromatic amines is 1. The third-order valence-electron chi connectivity index (χ3n) is 3.80. The molecule has 0 radical (unpaired) electrons. The van der Waals surface area contributed by atoms with E-state index in [0.717, 1.165) is 34.2 Å². The first kappa shape index (κ1) is 15.0. The van der Waals surface area contributed by atoms with Crippen molar-refractivity contribution < 1.29 is 19.0 Å². The van der Waals surface area contributed by atoms with Gasteiger partial charge in [-0.25, -0.2) is 0 Å². The number of nitrogens with one attached hydrogen (secondary N) is 1. The highest BCUT2D eigenvalue weighted by Gasteiger charge is 2.18. The number of hydrogen-bond acceptors (Lipinski definition) is 4. The van der Waals surface area contributed by atoms with E-state index < -0.39 is 0 Å². The van der Waals surface area contributed by atoms with Crippen molar-refractivity contribution in [3.63, 3.8) is 0 Å². The maximum atomic E-state index is 11.3. The van der Waals surface area contributed by atoms with Gasteiger partial charge in [0.2, 0.25) is 0 Å². The molecule has 5 nitrogen and oxygen atoms in total. The van der Waals surface area contributed by atoms with Crippen LogP contribution >= 0.6 is 0 Å². The Balaban J connectivity index is 2.26. The number of methoxy groups -OCH3 is 3. The van der Waals surface area contributed by atoms with E-state index in [1.165, 1.54) is 7.11 Å². The van der Waals surface area contributed by atoms with E-state index in [9.17, 15) is 4.79 Å². The molecule has 118 valence electrons. The molecule has 1 heterocycles. The maximum Gasteiger partial charge on any atom is 0.153 e. The smallest absolute Gasteiger partial charge is 0.153 e. The van der Waals surface area contributed by atoms with Crippen LogP contribution in [0.1, 0.15) is 10.4 Å². The molecule has 0 unspecified atom stereocenters. The lowest BCUT2D eigenvalue weighted by Crippen LogP contribution is -1.97. The van der Waals surface area contributed by atoms with Crippen LogP contribution in [0.2, 0.25) is 0 Å². The van der Waals surface area contributed by atoms with Crippen molar-refractivity contribution in [3.05, 3.63) is 42.0 Å². The zero-order valence-electron chi connectivity index (χ0n) is 13.2. The average Bonchev–Trinajstić information content (AvgIpc) is 3.02. The van der Waals surface area contributed by atoms with Crippen LogP contribution in [-0.4, -0.2) is 32.6 Å². The molecule has 0 bridgehead atoms. The number of hydrogen-bond donors (Lipinski definition) is 1. The molecule has 0 aliphatic heterocycles. The molecule has 0 aliphatic rings. The van der Waals surface area contributed by atoms with E-state index in [1.54, 1.807) is 26.4 Å². The number of H-pyrrole nitrogens is 1. The van der Waals surface area contributed by atoms with E-state index >= 15 is 0 Å². The standard InChI is InChI=1S/C18H17NO4/c1-21-13-5-6-14-12(8-13)9-15(19-14)17-16(22-2)7-4-11(10-20)18(17)23-3/h4-10,19H,1-3H3. The number of aldehydes is 1. The summed E-state index contributed by atoms with van der Waals surface area (Å²) in [4.78, 5) is 14.6. The van der Waals surface area contributed by atoms with Gasteiger partial charge in [0.1, 0.15) is 17.2 Å². The van der Waals surface area contributed by atoms with Gasteiger partial charge in [-0.3, -0.25) is 4.79 Å². The summed E-state index contributed by atoms with van der Waals surface area (Å²) in [6.45, 7) is 0. The summed E-state index contributed by atoms with van der Waals surface area (Å²) in [7, 11) is 4.76. The van der Waals surface area contributed by atoms with Gasteiger partial charge in [-0.2, -0.15) is 0 Å². The van der Waals surface area contributed by atoms with E-state index in [0.29, 0.717) is 17.1 Å². The van der Waals surface area contributed by atoms with Crippen molar-refractivity contribution >= 4 is 17.2 Å². The molecular weight excluding hydrogens is 294 g/mol. The molecule has 0 saturated carbocycles. The zero-order valence-corrected chi connectivity index (χ0v) is 13.2. The monoisotopic (exact) mass is 311 g/mol. The fraction of sp³-hybridized carbons (Fsp3) is 0.167. The summed E-state index contributed by atoms with van der Waals surface area (Å²) in [5.74, 6) is 1.90. The Hall–Kier alpha value is -2.95. The van der Waals surface area contributed by atoms with Crippen molar-refractivity contribution in [2.24, 2.45) is 0 Å². The van der Waals surface area contributed by atoms with Crippen LogP contribution < -0.4 is 14.2 Å². The highest BCUT2D eigenvalue weighted by atomic mass is 16.5. The molecule has 3 rings (SSSR count). The van der Waals surface area contributed by atoms with Crippen LogP contribution in [0.5, 0.6) is 17.2 Å². The maximum absolute atomic E-state index is 11.3. The van der Waals surface area contributed by atoms with Gasteiger partial charge in [-0.05, 0) is 36.4 Å². The number of fused-ring (bicyclic) bond motifs is 1. The molecule has 3 aromatic rings. The van der Waals surface area contributed by atoms with E-state index in [1.807, 2.05) is 24.3 Å². The number of carbonyl (C=O) groups excluding carboxylic acids is 1. The molecular formula is C18H17NO4. The number of aromatic nitrogens is 1. The van der Waals surface area contributed by atoms with Crippen LogP contribution in [0.25, 0.3) is 22.2 Å². The van der Waals surface area contributed by atoms with Crippen LogP contribution in [0, 0.1) is 0 Å². The summed E-state index contributed by atoms with van der Waals surface area (Å²) < 4.78 is 16.1. The Morgan fingerprint density at radius 3 is 2.43 bits per heavy atom. The minimum absolute atomic E-state index is 0.472. The third kappa shape index (κ3) is 2.50. The summed E-state index contributed by atoms with van der Waals surface area (Å²) in [6.07, 6.45) is 0.771. The molecule has 0 aliphatic carbocycles. The van der Waals surface area contributed by atoms with Crippen molar-refractivity contribution in [3.8, 4) is 28.5 Å². The van der Waals surface area contributed by atoms with Crippen LogP contribution in [0.4, 0.5) is 0 Å². The summed E-state index contributed by atoms with van der Waals surface area (Å²) in [6, 6.07) is 11.2. The van der Waals surface area contributed by atoms with Crippen molar-refractivity contribution in [1.29, 1.82) is 0 Å². The first-order valence-corrected chi connectivity index (χ1v) is 7.09. The van der Waals surface area contributed by atoms with Gasteiger partial charge in [0, 0.05) is 10.9 Å². The summed E-state index contributed by atoms with van der Waals surface area (Å²) >= 11 is 0. The molecule has 0 spiro atoms. The predicted molar refractivity (Wildman–Crippen MR) is 88.8 cm³/mol. The van der Waals surface area contributed by atoms with E-state index in [2.05, 4.69) is 4.98 Å². The van der Waals surface area contributed by atoms with Gasteiger partial charge >= 0.3 is 0 Å². The second-order valence-electron chi connectivity index (χ2n) is 5.02. The summed E-state index contributed by atoms with van der Waals surface area (Å²) in [5.41, 5.74) is 2.96. The molecule has 0 amide bonds. The lowest BCUT2D eigenvalue weighted by atomic mass is 10.0.